The Morgan fingerprint density at radius 1 is 1.22 bits per heavy atom. The molecule has 0 spiro atoms. The molecule has 7 nitrogen and oxygen atoms in total. The third kappa shape index (κ3) is 2.43. The molecule has 1 aromatic carbocycles. The average Bonchev–Trinajstić information content (AvgIpc) is 3.16. The maximum Gasteiger partial charge on any atom is 0.261 e. The first-order valence-electron chi connectivity index (χ1n) is 7.72. The second kappa shape index (κ2) is 5.58. The monoisotopic (exact) mass is 312 g/mol. The van der Waals surface area contributed by atoms with Crippen LogP contribution in [0.2, 0.25) is 0 Å². The number of hydrogen-bond acceptors (Lipinski definition) is 6. The summed E-state index contributed by atoms with van der Waals surface area (Å²) in [6, 6.07) is 6.81. The van der Waals surface area contributed by atoms with Crippen LogP contribution in [0.15, 0.2) is 28.8 Å². The third-order valence-electron chi connectivity index (χ3n) is 4.31. The van der Waals surface area contributed by atoms with E-state index >= 15 is 0 Å². The van der Waals surface area contributed by atoms with E-state index in [1.807, 2.05) is 0 Å². The highest BCUT2D eigenvalue weighted by Gasteiger charge is 2.36. The van der Waals surface area contributed by atoms with E-state index in [2.05, 4.69) is 15.5 Å². The molecule has 23 heavy (non-hydrogen) atoms. The first-order chi connectivity index (χ1) is 11.2. The van der Waals surface area contributed by atoms with Crippen molar-refractivity contribution in [3.63, 3.8) is 0 Å². The summed E-state index contributed by atoms with van der Waals surface area (Å²) in [4.78, 5) is 30.2. The number of piperidine rings is 1. The molecule has 2 aromatic rings. The SMILES string of the molecule is O=C1c2ccccc2C(=O)N1Cc1noc(C2CCCNC2)n1. The van der Waals surface area contributed by atoms with E-state index in [1.54, 1.807) is 24.3 Å². The summed E-state index contributed by atoms with van der Waals surface area (Å²) in [7, 11) is 0. The van der Waals surface area contributed by atoms with Crippen LogP contribution in [-0.2, 0) is 6.54 Å². The molecule has 4 rings (SSSR count). The van der Waals surface area contributed by atoms with Crippen LogP contribution in [0.5, 0.6) is 0 Å². The number of rotatable bonds is 3. The van der Waals surface area contributed by atoms with E-state index in [0.717, 1.165) is 25.9 Å². The summed E-state index contributed by atoms with van der Waals surface area (Å²) in [5.41, 5.74) is 0.857. The first-order valence-corrected chi connectivity index (χ1v) is 7.72. The van der Waals surface area contributed by atoms with Crippen LogP contribution in [0, 0.1) is 0 Å². The van der Waals surface area contributed by atoms with Crippen LogP contribution in [0.3, 0.4) is 0 Å². The van der Waals surface area contributed by atoms with E-state index in [1.165, 1.54) is 4.90 Å². The standard InChI is InChI=1S/C16H16N4O3/c21-15-11-5-1-2-6-12(11)16(22)20(15)9-13-18-14(23-19-13)10-4-3-7-17-8-10/h1-2,5-6,10,17H,3-4,7-9H2. The lowest BCUT2D eigenvalue weighted by Gasteiger charge is -2.18. The third-order valence-corrected chi connectivity index (χ3v) is 4.31. The number of hydrogen-bond donors (Lipinski definition) is 1. The Kier molecular flexibility index (Phi) is 3.42. The maximum absolute atomic E-state index is 12.3. The van der Waals surface area contributed by atoms with Crippen molar-refractivity contribution in [1.82, 2.24) is 20.4 Å². The van der Waals surface area contributed by atoms with Crippen molar-refractivity contribution in [2.24, 2.45) is 0 Å². The van der Waals surface area contributed by atoms with Gasteiger partial charge in [0.15, 0.2) is 5.82 Å². The maximum atomic E-state index is 12.3. The lowest BCUT2D eigenvalue weighted by atomic mass is 10.00. The average molecular weight is 312 g/mol. The molecule has 2 amide bonds. The van der Waals surface area contributed by atoms with Gasteiger partial charge in [0.25, 0.3) is 11.8 Å². The molecule has 7 heteroatoms. The molecule has 2 aliphatic rings. The van der Waals surface area contributed by atoms with Gasteiger partial charge >= 0.3 is 0 Å². The molecule has 1 N–H and O–H groups in total. The van der Waals surface area contributed by atoms with Crippen molar-refractivity contribution < 1.29 is 14.1 Å². The van der Waals surface area contributed by atoms with Gasteiger partial charge in [0.2, 0.25) is 5.89 Å². The van der Waals surface area contributed by atoms with Gasteiger partial charge in [0, 0.05) is 6.54 Å². The van der Waals surface area contributed by atoms with E-state index < -0.39 is 0 Å². The van der Waals surface area contributed by atoms with Crippen LogP contribution in [0.1, 0.15) is 51.2 Å². The van der Waals surface area contributed by atoms with Crippen molar-refractivity contribution in [2.45, 2.75) is 25.3 Å². The molecule has 1 atom stereocenters. The van der Waals surface area contributed by atoms with E-state index in [9.17, 15) is 9.59 Å². The molecule has 1 aromatic heterocycles. The number of fused-ring (bicyclic) bond motifs is 1. The summed E-state index contributed by atoms with van der Waals surface area (Å²) in [5.74, 6) is 0.517. The van der Waals surface area contributed by atoms with Gasteiger partial charge in [-0.2, -0.15) is 4.98 Å². The molecule has 2 aliphatic heterocycles. The Hall–Kier alpha value is -2.54. The topological polar surface area (TPSA) is 88.3 Å². The smallest absolute Gasteiger partial charge is 0.261 e. The minimum atomic E-state index is -0.309. The first kappa shape index (κ1) is 14.1. The number of amides is 2. The van der Waals surface area contributed by atoms with Gasteiger partial charge in [-0.3, -0.25) is 14.5 Å². The van der Waals surface area contributed by atoms with Crippen LogP contribution < -0.4 is 5.32 Å². The Bertz CT molecular complexity index is 729. The molecule has 0 bridgehead atoms. The van der Waals surface area contributed by atoms with Gasteiger partial charge in [0.05, 0.1) is 23.6 Å². The predicted octanol–water partition coefficient (Wildman–Crippen LogP) is 1.33. The van der Waals surface area contributed by atoms with E-state index in [4.69, 9.17) is 4.52 Å². The van der Waals surface area contributed by atoms with Gasteiger partial charge in [-0.05, 0) is 31.5 Å². The Morgan fingerprint density at radius 3 is 2.61 bits per heavy atom. The lowest BCUT2D eigenvalue weighted by molar-refractivity contribution is 0.0637. The molecular weight excluding hydrogens is 296 g/mol. The Labute approximate surface area is 132 Å². The zero-order valence-electron chi connectivity index (χ0n) is 12.5. The van der Waals surface area contributed by atoms with Gasteiger partial charge in [-0.1, -0.05) is 17.3 Å². The summed E-state index contributed by atoms with van der Waals surface area (Å²) in [6.45, 7) is 1.86. The van der Waals surface area contributed by atoms with Crippen LogP contribution in [0.4, 0.5) is 0 Å². The van der Waals surface area contributed by atoms with Gasteiger partial charge in [0.1, 0.15) is 0 Å². The van der Waals surface area contributed by atoms with E-state index in [0.29, 0.717) is 22.8 Å². The molecule has 0 saturated carbocycles. The highest BCUT2D eigenvalue weighted by Crippen LogP contribution is 2.25. The summed E-state index contributed by atoms with van der Waals surface area (Å²) < 4.78 is 5.31. The van der Waals surface area contributed by atoms with Crippen molar-refractivity contribution in [3.05, 3.63) is 47.1 Å². The number of carbonyl (C=O) groups is 2. The number of nitrogens with one attached hydrogen (secondary N) is 1. The van der Waals surface area contributed by atoms with Crippen LogP contribution >= 0.6 is 0 Å². The number of aromatic nitrogens is 2. The lowest BCUT2D eigenvalue weighted by Crippen LogP contribution is -2.30. The van der Waals surface area contributed by atoms with Crippen LogP contribution in [0.25, 0.3) is 0 Å². The van der Waals surface area contributed by atoms with Crippen molar-refractivity contribution in [1.29, 1.82) is 0 Å². The second-order valence-electron chi connectivity index (χ2n) is 5.83. The zero-order valence-corrected chi connectivity index (χ0v) is 12.5. The molecule has 1 unspecified atom stereocenters. The second-order valence-corrected chi connectivity index (χ2v) is 5.83. The fraction of sp³-hybridized carbons (Fsp3) is 0.375. The quantitative estimate of drug-likeness (QED) is 0.860. The molecule has 3 heterocycles. The fourth-order valence-electron chi connectivity index (χ4n) is 3.08. The minimum absolute atomic E-state index is 0.0377. The highest BCUT2D eigenvalue weighted by atomic mass is 16.5. The molecule has 0 radical (unpaired) electrons. The van der Waals surface area contributed by atoms with Gasteiger partial charge < -0.3 is 9.84 Å². The molecule has 0 aliphatic carbocycles. The number of carbonyl (C=O) groups excluding carboxylic acids is 2. The minimum Gasteiger partial charge on any atom is -0.339 e. The number of benzene rings is 1. The van der Waals surface area contributed by atoms with Crippen molar-refractivity contribution in [3.8, 4) is 0 Å². The molecule has 118 valence electrons. The Balaban J connectivity index is 1.52. The summed E-state index contributed by atoms with van der Waals surface area (Å²) in [6.07, 6.45) is 2.07. The predicted molar refractivity (Wildman–Crippen MR) is 79.8 cm³/mol. The van der Waals surface area contributed by atoms with Crippen LogP contribution in [-0.4, -0.2) is 39.9 Å². The normalized spacial score (nSPS) is 20.9. The van der Waals surface area contributed by atoms with Gasteiger partial charge in [-0.15, -0.1) is 0 Å². The van der Waals surface area contributed by atoms with Crippen molar-refractivity contribution >= 4 is 11.8 Å². The Morgan fingerprint density at radius 2 is 1.96 bits per heavy atom. The van der Waals surface area contributed by atoms with E-state index in [-0.39, 0.29) is 24.3 Å². The van der Waals surface area contributed by atoms with Gasteiger partial charge in [-0.25, -0.2) is 0 Å². The highest BCUT2D eigenvalue weighted by molar-refractivity contribution is 6.21. The number of nitrogens with zero attached hydrogens (tertiary/aromatic N) is 3. The fourth-order valence-corrected chi connectivity index (χ4v) is 3.08. The molecule has 1 fully saturated rings. The summed E-state index contributed by atoms with van der Waals surface area (Å²) in [5, 5.41) is 7.22. The van der Waals surface area contributed by atoms with Crippen molar-refractivity contribution in [2.75, 3.05) is 13.1 Å². The largest absolute Gasteiger partial charge is 0.339 e. The number of imide groups is 1. The summed E-state index contributed by atoms with van der Waals surface area (Å²) >= 11 is 0. The molecule has 1 saturated heterocycles. The molecular formula is C16H16N4O3. The zero-order chi connectivity index (χ0) is 15.8.